The molecule has 0 saturated carbocycles. The minimum absolute atomic E-state index is 0.00347. The third-order valence-corrected chi connectivity index (χ3v) is 2.68. The van der Waals surface area contributed by atoms with Crippen LogP contribution in [0.25, 0.3) is 0 Å². The average molecular weight is 243 g/mol. The second-order valence-electron chi connectivity index (χ2n) is 3.90. The highest BCUT2D eigenvalue weighted by Gasteiger charge is 2.40. The molecule has 0 aromatic heterocycles. The zero-order chi connectivity index (χ0) is 12.4. The standard InChI is InChI=1S/C10H13NO6/c12-6-3-7(10(14)15)11(4-6)9(13)8-5-16-1-2-17-8/h5-7,12H,1-4H2,(H,14,15)/t6-,7-/m1/s1. The van der Waals surface area contributed by atoms with Crippen molar-refractivity contribution in [3.8, 4) is 0 Å². The molecule has 1 amide bonds. The summed E-state index contributed by atoms with van der Waals surface area (Å²) < 4.78 is 10.0. The molecule has 2 rings (SSSR count). The Bertz CT molecular complexity index is 366. The van der Waals surface area contributed by atoms with Gasteiger partial charge in [-0.15, -0.1) is 0 Å². The fourth-order valence-electron chi connectivity index (χ4n) is 1.89. The molecule has 2 atom stereocenters. The summed E-state index contributed by atoms with van der Waals surface area (Å²) in [5.41, 5.74) is 0. The van der Waals surface area contributed by atoms with Gasteiger partial charge in [-0.05, 0) is 0 Å². The van der Waals surface area contributed by atoms with Crippen molar-refractivity contribution >= 4 is 11.9 Å². The molecule has 2 aliphatic rings. The maximum atomic E-state index is 11.9. The van der Waals surface area contributed by atoms with Gasteiger partial charge in [0.15, 0.2) is 0 Å². The van der Waals surface area contributed by atoms with Crippen LogP contribution in [0.3, 0.4) is 0 Å². The molecular weight excluding hydrogens is 230 g/mol. The number of rotatable bonds is 2. The Balaban J connectivity index is 2.12. The van der Waals surface area contributed by atoms with E-state index in [1.807, 2.05) is 0 Å². The van der Waals surface area contributed by atoms with E-state index in [4.69, 9.17) is 14.6 Å². The first kappa shape index (κ1) is 11.7. The minimum atomic E-state index is -1.13. The summed E-state index contributed by atoms with van der Waals surface area (Å²) in [4.78, 5) is 24.0. The minimum Gasteiger partial charge on any atom is -0.494 e. The number of aliphatic hydroxyl groups excluding tert-OH is 1. The van der Waals surface area contributed by atoms with Crippen LogP contribution in [0.2, 0.25) is 0 Å². The number of likely N-dealkylation sites (tertiary alicyclic amines) is 1. The molecule has 94 valence electrons. The molecule has 7 nitrogen and oxygen atoms in total. The number of aliphatic hydroxyl groups is 1. The molecule has 0 aromatic rings. The van der Waals surface area contributed by atoms with Crippen LogP contribution >= 0.6 is 0 Å². The first-order valence-corrected chi connectivity index (χ1v) is 5.26. The van der Waals surface area contributed by atoms with Gasteiger partial charge < -0.3 is 24.6 Å². The highest BCUT2D eigenvalue weighted by Crippen LogP contribution is 2.21. The molecule has 2 aliphatic heterocycles. The maximum absolute atomic E-state index is 11.9. The Morgan fingerprint density at radius 3 is 2.76 bits per heavy atom. The highest BCUT2D eigenvalue weighted by atomic mass is 16.6. The number of carboxylic acid groups (broad SMARTS) is 1. The van der Waals surface area contributed by atoms with Crippen molar-refractivity contribution in [1.29, 1.82) is 0 Å². The third-order valence-electron chi connectivity index (χ3n) is 2.68. The summed E-state index contributed by atoms with van der Waals surface area (Å²) in [6.07, 6.45) is 0.398. The van der Waals surface area contributed by atoms with Crippen LogP contribution in [0.5, 0.6) is 0 Å². The van der Waals surface area contributed by atoms with Gasteiger partial charge in [0.2, 0.25) is 5.76 Å². The van der Waals surface area contributed by atoms with E-state index >= 15 is 0 Å². The first-order chi connectivity index (χ1) is 8.09. The normalized spacial score (nSPS) is 28.1. The number of ether oxygens (including phenoxy) is 2. The quantitative estimate of drug-likeness (QED) is 0.640. The van der Waals surface area contributed by atoms with Crippen molar-refractivity contribution < 1.29 is 29.3 Å². The van der Waals surface area contributed by atoms with Gasteiger partial charge >= 0.3 is 5.97 Å². The van der Waals surface area contributed by atoms with E-state index in [0.717, 1.165) is 4.90 Å². The fraction of sp³-hybridized carbons (Fsp3) is 0.600. The third kappa shape index (κ3) is 2.33. The van der Waals surface area contributed by atoms with E-state index in [1.165, 1.54) is 6.26 Å². The summed E-state index contributed by atoms with van der Waals surface area (Å²) in [5.74, 6) is -1.71. The van der Waals surface area contributed by atoms with Gasteiger partial charge in [-0.2, -0.15) is 0 Å². The van der Waals surface area contributed by atoms with Gasteiger partial charge in [0.1, 0.15) is 25.5 Å². The van der Waals surface area contributed by atoms with Crippen LogP contribution in [0, 0.1) is 0 Å². The summed E-state index contributed by atoms with van der Waals surface area (Å²) in [6.45, 7) is 0.615. The number of amides is 1. The highest BCUT2D eigenvalue weighted by molar-refractivity contribution is 5.94. The van der Waals surface area contributed by atoms with E-state index in [0.29, 0.717) is 6.61 Å². The second-order valence-corrected chi connectivity index (χ2v) is 3.90. The molecule has 0 spiro atoms. The van der Waals surface area contributed by atoms with Crippen LogP contribution in [-0.2, 0) is 19.1 Å². The largest absolute Gasteiger partial charge is 0.494 e. The van der Waals surface area contributed by atoms with E-state index < -0.39 is 24.0 Å². The molecule has 1 saturated heterocycles. The molecular formula is C10H13NO6. The van der Waals surface area contributed by atoms with E-state index in [2.05, 4.69) is 0 Å². The van der Waals surface area contributed by atoms with Gasteiger partial charge in [0.05, 0.1) is 6.10 Å². The van der Waals surface area contributed by atoms with Crippen LogP contribution in [0.15, 0.2) is 12.0 Å². The number of carbonyl (C=O) groups excluding carboxylic acids is 1. The van der Waals surface area contributed by atoms with E-state index in [9.17, 15) is 14.7 Å². The Hall–Kier alpha value is -1.76. The van der Waals surface area contributed by atoms with Gasteiger partial charge in [-0.25, -0.2) is 4.79 Å². The number of nitrogens with zero attached hydrogens (tertiary/aromatic N) is 1. The summed E-state index contributed by atoms with van der Waals surface area (Å²) in [5, 5.41) is 18.4. The summed E-state index contributed by atoms with van der Waals surface area (Å²) >= 11 is 0. The lowest BCUT2D eigenvalue weighted by atomic mass is 10.2. The number of hydrogen-bond acceptors (Lipinski definition) is 5. The van der Waals surface area contributed by atoms with Gasteiger partial charge in [-0.1, -0.05) is 0 Å². The SMILES string of the molecule is O=C(O)[C@H]1C[C@@H](O)CN1C(=O)C1=COCCO1. The molecule has 0 aliphatic carbocycles. The predicted molar refractivity (Wildman–Crippen MR) is 53.7 cm³/mol. The maximum Gasteiger partial charge on any atom is 0.326 e. The number of aliphatic carboxylic acids is 1. The Morgan fingerprint density at radius 2 is 2.18 bits per heavy atom. The number of β-amino-alcohol motifs (C(OH)–C–C–N with tert-alkyl or cyclic N) is 1. The lowest BCUT2D eigenvalue weighted by molar-refractivity contribution is -0.148. The fourth-order valence-corrected chi connectivity index (χ4v) is 1.89. The lowest BCUT2D eigenvalue weighted by Crippen LogP contribution is -2.42. The Labute approximate surface area is 97.2 Å². The molecule has 0 radical (unpaired) electrons. The Kier molecular flexibility index (Phi) is 3.19. The predicted octanol–water partition coefficient (Wildman–Crippen LogP) is -1.08. The molecule has 0 bridgehead atoms. The van der Waals surface area contributed by atoms with Crippen molar-refractivity contribution in [2.24, 2.45) is 0 Å². The van der Waals surface area contributed by atoms with E-state index in [1.54, 1.807) is 0 Å². The number of carboxylic acids is 1. The van der Waals surface area contributed by atoms with Gasteiger partial charge in [0.25, 0.3) is 5.91 Å². The van der Waals surface area contributed by atoms with Crippen molar-refractivity contribution in [3.63, 3.8) is 0 Å². The van der Waals surface area contributed by atoms with Gasteiger partial charge in [-0.3, -0.25) is 4.79 Å². The molecule has 0 unspecified atom stereocenters. The first-order valence-electron chi connectivity index (χ1n) is 5.26. The lowest BCUT2D eigenvalue weighted by Gasteiger charge is -2.23. The van der Waals surface area contributed by atoms with Crippen LogP contribution in [0.4, 0.5) is 0 Å². The zero-order valence-corrected chi connectivity index (χ0v) is 9.04. The van der Waals surface area contributed by atoms with Crippen molar-refractivity contribution in [2.45, 2.75) is 18.6 Å². The van der Waals surface area contributed by atoms with Crippen molar-refractivity contribution in [3.05, 3.63) is 12.0 Å². The summed E-state index contributed by atoms with van der Waals surface area (Å²) in [7, 11) is 0. The molecule has 1 fully saturated rings. The van der Waals surface area contributed by atoms with Crippen molar-refractivity contribution in [2.75, 3.05) is 19.8 Å². The average Bonchev–Trinajstić information content (AvgIpc) is 2.72. The molecule has 0 aromatic carbocycles. The van der Waals surface area contributed by atoms with Crippen LogP contribution in [0.1, 0.15) is 6.42 Å². The van der Waals surface area contributed by atoms with Crippen LogP contribution in [-0.4, -0.2) is 58.9 Å². The smallest absolute Gasteiger partial charge is 0.326 e. The number of carbonyl (C=O) groups is 2. The second kappa shape index (κ2) is 4.62. The van der Waals surface area contributed by atoms with Crippen LogP contribution < -0.4 is 0 Å². The van der Waals surface area contributed by atoms with Crippen molar-refractivity contribution in [1.82, 2.24) is 4.90 Å². The molecule has 2 N–H and O–H groups in total. The molecule has 17 heavy (non-hydrogen) atoms. The van der Waals surface area contributed by atoms with E-state index in [-0.39, 0.29) is 25.3 Å². The monoisotopic (exact) mass is 243 g/mol. The number of hydrogen-bond donors (Lipinski definition) is 2. The Morgan fingerprint density at radius 1 is 1.41 bits per heavy atom. The molecule has 2 heterocycles. The van der Waals surface area contributed by atoms with Gasteiger partial charge in [0, 0.05) is 13.0 Å². The zero-order valence-electron chi connectivity index (χ0n) is 9.04. The summed E-state index contributed by atoms with van der Waals surface area (Å²) in [6, 6.07) is -1.01. The molecule has 7 heteroatoms. The topological polar surface area (TPSA) is 96.3 Å².